The molecule has 1 atom stereocenters. The van der Waals surface area contributed by atoms with Gasteiger partial charge in [-0.3, -0.25) is 4.79 Å². The maximum absolute atomic E-state index is 13.5. The van der Waals surface area contributed by atoms with Crippen molar-refractivity contribution in [1.29, 1.82) is 0 Å². The SMILES string of the molecule is Cc1cc(F)ccc1C(CN)n1cnc2c1CCN(c1cn[nH]c(=O)c1Cl)C2. The standard InChI is InChI=1S/C19H20ClFN6O/c1-11-6-12(21)2-3-13(11)16(7-22)27-10-23-14-9-26(5-4-15(14)27)17-8-24-25-19(28)18(17)20/h2-3,6,8,10,16H,4-5,7,9,22H2,1H3,(H,25,28). The van der Waals surface area contributed by atoms with Gasteiger partial charge in [0.15, 0.2) is 0 Å². The molecule has 3 aromatic rings. The summed E-state index contributed by atoms with van der Waals surface area (Å²) in [6.07, 6.45) is 4.05. The first-order valence-electron chi connectivity index (χ1n) is 8.98. The molecular formula is C19H20ClFN6O. The second-order valence-corrected chi connectivity index (χ2v) is 7.25. The maximum atomic E-state index is 13.5. The van der Waals surface area contributed by atoms with Gasteiger partial charge in [-0.1, -0.05) is 17.7 Å². The van der Waals surface area contributed by atoms with E-state index in [9.17, 15) is 9.18 Å². The van der Waals surface area contributed by atoms with Crippen molar-refractivity contribution in [2.45, 2.75) is 25.9 Å². The van der Waals surface area contributed by atoms with Crippen molar-refractivity contribution in [3.63, 3.8) is 0 Å². The Balaban J connectivity index is 1.66. The number of nitrogens with zero attached hydrogens (tertiary/aromatic N) is 4. The van der Waals surface area contributed by atoms with E-state index in [1.165, 1.54) is 12.1 Å². The lowest BCUT2D eigenvalue weighted by Crippen LogP contribution is -2.33. The highest BCUT2D eigenvalue weighted by atomic mass is 35.5. The Morgan fingerprint density at radius 1 is 1.43 bits per heavy atom. The molecule has 0 amide bonds. The van der Waals surface area contributed by atoms with Crippen LogP contribution in [0, 0.1) is 12.7 Å². The molecule has 1 aliphatic heterocycles. The van der Waals surface area contributed by atoms with Gasteiger partial charge in [0, 0.05) is 25.2 Å². The van der Waals surface area contributed by atoms with E-state index in [4.69, 9.17) is 17.3 Å². The highest BCUT2D eigenvalue weighted by molar-refractivity contribution is 6.32. The fourth-order valence-electron chi connectivity index (χ4n) is 3.80. The maximum Gasteiger partial charge on any atom is 0.285 e. The van der Waals surface area contributed by atoms with Gasteiger partial charge >= 0.3 is 0 Å². The van der Waals surface area contributed by atoms with Gasteiger partial charge in [-0.15, -0.1) is 0 Å². The van der Waals surface area contributed by atoms with E-state index in [0.29, 0.717) is 25.3 Å². The van der Waals surface area contributed by atoms with Gasteiger partial charge in [0.2, 0.25) is 0 Å². The Kier molecular flexibility index (Phi) is 4.91. The molecule has 1 aromatic carbocycles. The van der Waals surface area contributed by atoms with Gasteiger partial charge in [-0.05, 0) is 30.2 Å². The monoisotopic (exact) mass is 402 g/mol. The van der Waals surface area contributed by atoms with Crippen molar-refractivity contribution < 1.29 is 4.39 Å². The van der Waals surface area contributed by atoms with Crippen LogP contribution in [0.3, 0.4) is 0 Å². The van der Waals surface area contributed by atoms with E-state index in [1.807, 2.05) is 11.8 Å². The number of imidazole rings is 1. The zero-order chi connectivity index (χ0) is 19.8. The van der Waals surface area contributed by atoms with Gasteiger partial charge in [0.25, 0.3) is 5.56 Å². The Bertz CT molecular complexity index is 1080. The van der Waals surface area contributed by atoms with Crippen LogP contribution in [0.5, 0.6) is 0 Å². The first-order valence-corrected chi connectivity index (χ1v) is 9.36. The highest BCUT2D eigenvalue weighted by Crippen LogP contribution is 2.30. The number of aromatic amines is 1. The van der Waals surface area contributed by atoms with Gasteiger partial charge < -0.3 is 15.2 Å². The van der Waals surface area contributed by atoms with Crippen LogP contribution in [0.25, 0.3) is 0 Å². The molecule has 0 fully saturated rings. The van der Waals surface area contributed by atoms with Crippen molar-refractivity contribution in [3.05, 3.63) is 74.4 Å². The Hall–Kier alpha value is -2.71. The number of hydrogen-bond acceptors (Lipinski definition) is 5. The number of H-pyrrole nitrogens is 1. The highest BCUT2D eigenvalue weighted by Gasteiger charge is 2.26. The lowest BCUT2D eigenvalue weighted by Gasteiger charge is -2.30. The van der Waals surface area contributed by atoms with Gasteiger partial charge in [-0.25, -0.2) is 14.5 Å². The summed E-state index contributed by atoms with van der Waals surface area (Å²) in [7, 11) is 0. The third-order valence-corrected chi connectivity index (χ3v) is 5.57. The number of anilines is 1. The van der Waals surface area contributed by atoms with Crippen LogP contribution in [0.1, 0.15) is 28.6 Å². The Labute approximate surface area is 166 Å². The third kappa shape index (κ3) is 3.18. The summed E-state index contributed by atoms with van der Waals surface area (Å²) < 4.78 is 15.6. The molecule has 7 nitrogen and oxygen atoms in total. The normalized spacial score (nSPS) is 14.8. The minimum absolute atomic E-state index is 0.117. The van der Waals surface area contributed by atoms with Gasteiger partial charge in [-0.2, -0.15) is 5.10 Å². The van der Waals surface area contributed by atoms with Crippen LogP contribution >= 0.6 is 11.6 Å². The summed E-state index contributed by atoms with van der Waals surface area (Å²) in [6, 6.07) is 4.64. The molecule has 1 aliphatic rings. The molecule has 0 saturated carbocycles. The second kappa shape index (κ2) is 7.37. The smallest absolute Gasteiger partial charge is 0.285 e. The summed E-state index contributed by atoms with van der Waals surface area (Å²) in [4.78, 5) is 18.3. The Morgan fingerprint density at radius 3 is 3.00 bits per heavy atom. The minimum atomic E-state index is -0.412. The van der Waals surface area contributed by atoms with Crippen LogP contribution in [0.15, 0.2) is 35.5 Å². The van der Waals surface area contributed by atoms with Crippen LogP contribution in [-0.4, -0.2) is 32.8 Å². The number of fused-ring (bicyclic) bond motifs is 1. The predicted octanol–water partition coefficient (Wildman–Crippen LogP) is 2.18. The summed E-state index contributed by atoms with van der Waals surface area (Å²) in [5, 5.41) is 6.30. The fraction of sp³-hybridized carbons (Fsp3) is 0.316. The molecular weight excluding hydrogens is 383 g/mol. The third-order valence-electron chi connectivity index (χ3n) is 5.21. The van der Waals surface area contributed by atoms with E-state index < -0.39 is 5.56 Å². The molecule has 1 unspecified atom stereocenters. The zero-order valence-corrected chi connectivity index (χ0v) is 16.1. The number of nitrogens with one attached hydrogen (secondary N) is 1. The summed E-state index contributed by atoms with van der Waals surface area (Å²) in [6.45, 7) is 3.45. The average Bonchev–Trinajstić information content (AvgIpc) is 3.09. The van der Waals surface area contributed by atoms with E-state index in [1.54, 1.807) is 18.6 Å². The number of benzene rings is 1. The van der Waals surface area contributed by atoms with E-state index >= 15 is 0 Å². The quantitative estimate of drug-likeness (QED) is 0.697. The van der Waals surface area contributed by atoms with Crippen molar-refractivity contribution >= 4 is 17.3 Å². The molecule has 28 heavy (non-hydrogen) atoms. The van der Waals surface area contributed by atoms with E-state index in [0.717, 1.165) is 28.9 Å². The Morgan fingerprint density at radius 2 is 2.25 bits per heavy atom. The molecule has 0 saturated heterocycles. The number of rotatable bonds is 4. The van der Waals surface area contributed by atoms with Crippen LogP contribution in [0.2, 0.25) is 5.02 Å². The zero-order valence-electron chi connectivity index (χ0n) is 15.3. The van der Waals surface area contributed by atoms with E-state index in [-0.39, 0.29) is 16.9 Å². The molecule has 9 heteroatoms. The molecule has 3 N–H and O–H groups in total. The first-order chi connectivity index (χ1) is 13.5. The molecule has 3 heterocycles. The van der Waals surface area contributed by atoms with Crippen molar-refractivity contribution in [2.75, 3.05) is 18.0 Å². The molecule has 146 valence electrons. The number of nitrogens with two attached hydrogens (primary N) is 1. The van der Waals surface area contributed by atoms with Crippen molar-refractivity contribution in [1.82, 2.24) is 19.7 Å². The summed E-state index contributed by atoms with van der Waals surface area (Å²) in [5.41, 5.74) is 10.1. The van der Waals surface area contributed by atoms with Gasteiger partial charge in [0.1, 0.15) is 10.8 Å². The summed E-state index contributed by atoms with van der Waals surface area (Å²) in [5.74, 6) is -0.261. The largest absolute Gasteiger partial charge is 0.362 e. The number of aryl methyl sites for hydroxylation is 1. The lowest BCUT2D eigenvalue weighted by molar-refractivity contribution is 0.551. The molecule has 0 spiro atoms. The molecule has 0 aliphatic carbocycles. The van der Waals surface area contributed by atoms with Crippen LogP contribution < -0.4 is 16.2 Å². The molecule has 0 bridgehead atoms. The predicted molar refractivity (Wildman–Crippen MR) is 105 cm³/mol. The minimum Gasteiger partial charge on any atom is -0.362 e. The molecule has 0 radical (unpaired) electrons. The van der Waals surface area contributed by atoms with E-state index in [2.05, 4.69) is 19.7 Å². The van der Waals surface area contributed by atoms with Gasteiger partial charge in [0.05, 0.1) is 36.5 Å². The van der Waals surface area contributed by atoms with Crippen LogP contribution in [0.4, 0.5) is 10.1 Å². The van der Waals surface area contributed by atoms with Crippen molar-refractivity contribution in [2.24, 2.45) is 5.73 Å². The summed E-state index contributed by atoms with van der Waals surface area (Å²) >= 11 is 6.14. The molecule has 4 rings (SSSR count). The molecule has 2 aromatic heterocycles. The second-order valence-electron chi connectivity index (χ2n) is 6.87. The number of hydrogen-bond donors (Lipinski definition) is 2. The number of halogens is 2. The lowest BCUT2D eigenvalue weighted by atomic mass is 10.00. The average molecular weight is 403 g/mol. The van der Waals surface area contributed by atoms with Crippen LogP contribution in [-0.2, 0) is 13.0 Å². The topological polar surface area (TPSA) is 92.8 Å². The number of aromatic nitrogens is 4. The fourth-order valence-corrected chi connectivity index (χ4v) is 4.01. The van der Waals surface area contributed by atoms with Crippen molar-refractivity contribution in [3.8, 4) is 0 Å². The first kappa shape index (κ1) is 18.6.